The third-order valence-electron chi connectivity index (χ3n) is 5.94. The van der Waals surface area contributed by atoms with E-state index in [4.69, 9.17) is 4.74 Å². The SMILES string of the molecule is CC(C)(C)OC(=O)N1Cc2ccc(O)cc2CC1C(=O)N[C@@H]1CCCc2ccccc21. The number of hydrogen-bond donors (Lipinski definition) is 2. The molecule has 0 spiro atoms. The minimum Gasteiger partial charge on any atom is -0.508 e. The molecule has 2 atom stereocenters. The van der Waals surface area contributed by atoms with Crippen LogP contribution in [0.25, 0.3) is 0 Å². The van der Waals surface area contributed by atoms with Crippen molar-refractivity contribution in [3.63, 3.8) is 0 Å². The van der Waals surface area contributed by atoms with Crippen LogP contribution in [0.15, 0.2) is 42.5 Å². The summed E-state index contributed by atoms with van der Waals surface area (Å²) >= 11 is 0. The van der Waals surface area contributed by atoms with Gasteiger partial charge in [-0.1, -0.05) is 30.3 Å². The lowest BCUT2D eigenvalue weighted by Crippen LogP contribution is -2.54. The fraction of sp³-hybridized carbons (Fsp3) is 0.440. The van der Waals surface area contributed by atoms with Crippen LogP contribution in [0.3, 0.4) is 0 Å². The summed E-state index contributed by atoms with van der Waals surface area (Å²) in [6, 6.07) is 12.5. The van der Waals surface area contributed by atoms with Crippen molar-refractivity contribution in [1.82, 2.24) is 10.2 Å². The second-order valence-corrected chi connectivity index (χ2v) is 9.43. The van der Waals surface area contributed by atoms with Gasteiger partial charge >= 0.3 is 6.09 Å². The van der Waals surface area contributed by atoms with Crippen molar-refractivity contribution in [3.8, 4) is 5.75 Å². The van der Waals surface area contributed by atoms with E-state index in [-0.39, 0.29) is 24.2 Å². The minimum absolute atomic E-state index is 0.0662. The highest BCUT2D eigenvalue weighted by atomic mass is 16.6. The summed E-state index contributed by atoms with van der Waals surface area (Å²) in [5, 5.41) is 13.1. The molecule has 4 rings (SSSR count). The second kappa shape index (κ2) is 8.25. The Labute approximate surface area is 183 Å². The Bertz CT molecular complexity index is 995. The molecule has 0 saturated carbocycles. The van der Waals surface area contributed by atoms with Crippen LogP contribution in [-0.2, 0) is 28.9 Å². The normalized spacial score (nSPS) is 20.4. The Kier molecular flexibility index (Phi) is 5.65. The molecule has 0 bridgehead atoms. The number of rotatable bonds is 2. The Morgan fingerprint density at radius 3 is 2.65 bits per heavy atom. The van der Waals surface area contributed by atoms with Crippen molar-refractivity contribution in [2.45, 2.75) is 70.7 Å². The number of aromatic hydroxyl groups is 1. The van der Waals surface area contributed by atoms with E-state index >= 15 is 0 Å². The number of carbonyl (C=O) groups is 2. The van der Waals surface area contributed by atoms with Gasteiger partial charge in [0.25, 0.3) is 0 Å². The smallest absolute Gasteiger partial charge is 0.411 e. The number of phenolic OH excluding ortho intramolecular Hbond substituents is 1. The lowest BCUT2D eigenvalue weighted by atomic mass is 9.87. The molecular formula is C25H30N2O4. The standard InChI is InChI=1S/C25H30N2O4/c1-25(2,3)31-24(30)27-15-17-11-12-19(28)13-18(17)14-22(27)23(29)26-21-10-6-8-16-7-4-5-9-20(16)21/h4-5,7,9,11-13,21-22,28H,6,8,10,14-15H2,1-3H3,(H,26,29)/t21-,22?/m1/s1. The van der Waals surface area contributed by atoms with E-state index in [0.29, 0.717) is 6.42 Å². The van der Waals surface area contributed by atoms with E-state index < -0.39 is 17.7 Å². The fourth-order valence-electron chi connectivity index (χ4n) is 4.49. The quantitative estimate of drug-likeness (QED) is 0.758. The van der Waals surface area contributed by atoms with Crippen LogP contribution in [0.5, 0.6) is 5.75 Å². The topological polar surface area (TPSA) is 78.9 Å². The van der Waals surface area contributed by atoms with Crippen LogP contribution in [0.1, 0.15) is 61.9 Å². The van der Waals surface area contributed by atoms with Crippen molar-refractivity contribution in [2.24, 2.45) is 0 Å². The number of aryl methyl sites for hydroxylation is 1. The van der Waals surface area contributed by atoms with Crippen LogP contribution < -0.4 is 5.32 Å². The summed E-state index contributed by atoms with van der Waals surface area (Å²) < 4.78 is 5.60. The Balaban J connectivity index is 1.60. The number of benzene rings is 2. The van der Waals surface area contributed by atoms with Gasteiger partial charge in [-0.2, -0.15) is 0 Å². The molecule has 2 aromatic rings. The number of hydrogen-bond acceptors (Lipinski definition) is 4. The van der Waals surface area contributed by atoms with Gasteiger partial charge in [-0.15, -0.1) is 0 Å². The molecule has 6 nitrogen and oxygen atoms in total. The van der Waals surface area contributed by atoms with E-state index in [1.54, 1.807) is 18.2 Å². The highest BCUT2D eigenvalue weighted by Crippen LogP contribution is 2.32. The van der Waals surface area contributed by atoms with Crippen LogP contribution >= 0.6 is 0 Å². The molecule has 164 valence electrons. The summed E-state index contributed by atoms with van der Waals surface area (Å²) in [6.45, 7) is 5.71. The fourth-order valence-corrected chi connectivity index (χ4v) is 4.49. The number of phenols is 1. The first-order chi connectivity index (χ1) is 14.7. The Morgan fingerprint density at radius 1 is 1.10 bits per heavy atom. The van der Waals surface area contributed by atoms with E-state index in [0.717, 1.165) is 36.0 Å². The van der Waals surface area contributed by atoms with Crippen molar-refractivity contribution in [3.05, 3.63) is 64.7 Å². The van der Waals surface area contributed by atoms with Gasteiger partial charge in [-0.05, 0) is 74.4 Å². The highest BCUT2D eigenvalue weighted by Gasteiger charge is 2.38. The van der Waals surface area contributed by atoms with Crippen LogP contribution in [-0.4, -0.2) is 33.6 Å². The number of carbonyl (C=O) groups excluding carboxylic acids is 2. The molecule has 1 heterocycles. The zero-order valence-corrected chi connectivity index (χ0v) is 18.4. The summed E-state index contributed by atoms with van der Waals surface area (Å²) in [6.07, 6.45) is 2.74. The lowest BCUT2D eigenvalue weighted by Gasteiger charge is -2.38. The first-order valence-electron chi connectivity index (χ1n) is 10.9. The van der Waals surface area contributed by atoms with Gasteiger partial charge < -0.3 is 15.2 Å². The third-order valence-corrected chi connectivity index (χ3v) is 5.94. The van der Waals surface area contributed by atoms with Crippen molar-refractivity contribution in [2.75, 3.05) is 0 Å². The first kappa shape index (κ1) is 21.2. The second-order valence-electron chi connectivity index (χ2n) is 9.43. The Hall–Kier alpha value is -3.02. The predicted octanol–water partition coefficient (Wildman–Crippen LogP) is 4.25. The summed E-state index contributed by atoms with van der Waals surface area (Å²) in [7, 11) is 0. The molecular weight excluding hydrogens is 392 g/mol. The molecule has 2 amide bonds. The molecule has 1 aliphatic carbocycles. The Morgan fingerprint density at radius 2 is 1.87 bits per heavy atom. The number of nitrogens with one attached hydrogen (secondary N) is 1. The summed E-state index contributed by atoms with van der Waals surface area (Å²) in [5.74, 6) is -0.0358. The van der Waals surface area contributed by atoms with Crippen molar-refractivity contribution >= 4 is 12.0 Å². The summed E-state index contributed by atoms with van der Waals surface area (Å²) in [5.41, 5.74) is 3.55. The molecule has 2 N–H and O–H groups in total. The predicted molar refractivity (Wildman–Crippen MR) is 118 cm³/mol. The van der Waals surface area contributed by atoms with E-state index in [1.807, 2.05) is 32.9 Å². The van der Waals surface area contributed by atoms with E-state index in [1.165, 1.54) is 10.5 Å². The zero-order chi connectivity index (χ0) is 22.2. The maximum Gasteiger partial charge on any atom is 0.411 e. The van der Waals surface area contributed by atoms with Crippen LogP contribution in [0, 0.1) is 0 Å². The number of ether oxygens (including phenoxy) is 1. The van der Waals surface area contributed by atoms with Gasteiger partial charge in [-0.25, -0.2) is 4.79 Å². The molecule has 0 fully saturated rings. The van der Waals surface area contributed by atoms with Gasteiger partial charge in [0.1, 0.15) is 17.4 Å². The largest absolute Gasteiger partial charge is 0.508 e. The van der Waals surface area contributed by atoms with Crippen molar-refractivity contribution < 1.29 is 19.4 Å². The average Bonchev–Trinajstić information content (AvgIpc) is 2.71. The maximum absolute atomic E-state index is 13.4. The van der Waals surface area contributed by atoms with E-state index in [2.05, 4.69) is 17.4 Å². The van der Waals surface area contributed by atoms with Gasteiger partial charge in [0.2, 0.25) is 5.91 Å². The monoisotopic (exact) mass is 422 g/mol. The zero-order valence-electron chi connectivity index (χ0n) is 18.4. The van der Waals surface area contributed by atoms with Crippen molar-refractivity contribution in [1.29, 1.82) is 0 Å². The van der Waals surface area contributed by atoms with Gasteiger partial charge in [0.15, 0.2) is 0 Å². The van der Waals surface area contributed by atoms with Gasteiger partial charge in [-0.3, -0.25) is 9.69 Å². The maximum atomic E-state index is 13.4. The first-order valence-corrected chi connectivity index (χ1v) is 10.9. The average molecular weight is 423 g/mol. The molecule has 1 unspecified atom stereocenters. The molecule has 1 aliphatic heterocycles. The number of fused-ring (bicyclic) bond motifs is 2. The molecule has 31 heavy (non-hydrogen) atoms. The number of nitrogens with zero attached hydrogens (tertiary/aromatic N) is 1. The highest BCUT2D eigenvalue weighted by molar-refractivity contribution is 5.87. The molecule has 0 radical (unpaired) electrons. The minimum atomic E-state index is -0.696. The van der Waals surface area contributed by atoms with Gasteiger partial charge in [0, 0.05) is 6.42 Å². The molecule has 0 aromatic heterocycles. The lowest BCUT2D eigenvalue weighted by molar-refractivity contribution is -0.128. The van der Waals surface area contributed by atoms with Crippen LogP contribution in [0.4, 0.5) is 4.79 Å². The molecule has 6 heteroatoms. The number of amides is 2. The molecule has 2 aromatic carbocycles. The molecule has 2 aliphatic rings. The summed E-state index contributed by atoms with van der Waals surface area (Å²) in [4.78, 5) is 27.9. The molecule has 0 saturated heterocycles. The van der Waals surface area contributed by atoms with Gasteiger partial charge in [0.05, 0.1) is 12.6 Å². The third kappa shape index (κ3) is 4.68. The van der Waals surface area contributed by atoms with Crippen LogP contribution in [0.2, 0.25) is 0 Å². The van der Waals surface area contributed by atoms with E-state index in [9.17, 15) is 14.7 Å².